The van der Waals surface area contributed by atoms with E-state index in [0.717, 1.165) is 23.8 Å². The fraction of sp³-hybridized carbons (Fsp3) is 0.455. The highest BCUT2D eigenvalue weighted by Gasteiger charge is 2.29. The molecule has 4 rings (SSSR count). The van der Waals surface area contributed by atoms with Gasteiger partial charge in [-0.25, -0.2) is 4.79 Å². The molecule has 11 heteroatoms. The number of esters is 1. The minimum Gasteiger partial charge on any atom is -0.469 e. The lowest BCUT2D eigenvalue weighted by molar-refractivity contribution is -0.146. The number of hydrogen-bond acceptors (Lipinski definition) is 6. The summed E-state index contributed by atoms with van der Waals surface area (Å²) in [6.07, 6.45) is 3.17. The van der Waals surface area contributed by atoms with Gasteiger partial charge in [0.2, 0.25) is 5.95 Å². The first-order chi connectivity index (χ1) is 15.7. The Kier molecular flexibility index (Phi) is 6.54. The molecule has 1 aliphatic rings. The van der Waals surface area contributed by atoms with Gasteiger partial charge in [0.1, 0.15) is 0 Å². The lowest BCUT2D eigenvalue weighted by atomic mass is 9.86. The van der Waals surface area contributed by atoms with Crippen molar-refractivity contribution < 1.29 is 9.53 Å². The average molecular weight is 494 g/mol. The highest BCUT2D eigenvalue weighted by molar-refractivity contribution is 6.42. The van der Waals surface area contributed by atoms with Crippen LogP contribution < -0.4 is 16.6 Å². The van der Waals surface area contributed by atoms with Crippen LogP contribution in [0.3, 0.4) is 0 Å². The summed E-state index contributed by atoms with van der Waals surface area (Å²) in [5.74, 6) is 0.0997. The smallest absolute Gasteiger partial charge is 0.332 e. The zero-order valence-corrected chi connectivity index (χ0v) is 20.1. The monoisotopic (exact) mass is 493 g/mol. The van der Waals surface area contributed by atoms with Gasteiger partial charge in [0.05, 0.1) is 29.6 Å². The van der Waals surface area contributed by atoms with Gasteiger partial charge in [0.25, 0.3) is 5.56 Å². The number of ether oxygens (including phenoxy) is 1. The number of nitrogens with one attached hydrogen (secondary N) is 1. The largest absolute Gasteiger partial charge is 0.469 e. The Bertz CT molecular complexity index is 1340. The second-order valence-electron chi connectivity index (χ2n) is 8.38. The average Bonchev–Trinajstić information content (AvgIpc) is 3.13. The Labute approximate surface area is 199 Å². The summed E-state index contributed by atoms with van der Waals surface area (Å²) < 4.78 is 9.06. The molecule has 2 atom stereocenters. The number of halogens is 2. The molecule has 1 fully saturated rings. The van der Waals surface area contributed by atoms with Crippen LogP contribution in [0.15, 0.2) is 27.8 Å². The van der Waals surface area contributed by atoms with Crippen LogP contribution in [0.1, 0.15) is 31.2 Å². The van der Waals surface area contributed by atoms with E-state index in [1.165, 1.54) is 11.7 Å². The summed E-state index contributed by atoms with van der Waals surface area (Å²) in [7, 11) is 4.71. The maximum Gasteiger partial charge on any atom is 0.332 e. The van der Waals surface area contributed by atoms with Crippen LogP contribution >= 0.6 is 23.2 Å². The van der Waals surface area contributed by atoms with Crippen molar-refractivity contribution in [2.24, 2.45) is 20.0 Å². The summed E-state index contributed by atoms with van der Waals surface area (Å²) in [4.78, 5) is 42.8. The van der Waals surface area contributed by atoms with Crippen LogP contribution in [0, 0.1) is 5.92 Å². The van der Waals surface area contributed by atoms with Crippen molar-refractivity contribution in [3.8, 4) is 0 Å². The van der Waals surface area contributed by atoms with Gasteiger partial charge < -0.3 is 14.6 Å². The SMILES string of the molecule is COC(=O)[C@@H]1CCC[C@H](Nc2nc3c(c(=O)n(Cc4ccc(Cl)c(Cl)c4)c(=O)n3C)n2C)C1. The van der Waals surface area contributed by atoms with Crippen LogP contribution in [0.4, 0.5) is 5.95 Å². The van der Waals surface area contributed by atoms with Crippen LogP contribution in [0.5, 0.6) is 0 Å². The third kappa shape index (κ3) is 4.39. The fourth-order valence-electron chi connectivity index (χ4n) is 4.42. The van der Waals surface area contributed by atoms with Gasteiger partial charge in [-0.05, 0) is 37.0 Å². The van der Waals surface area contributed by atoms with Crippen molar-refractivity contribution in [3.05, 3.63) is 54.6 Å². The van der Waals surface area contributed by atoms with E-state index in [4.69, 9.17) is 27.9 Å². The van der Waals surface area contributed by atoms with Crippen LogP contribution in [-0.2, 0) is 30.2 Å². The van der Waals surface area contributed by atoms with E-state index in [-0.39, 0.29) is 24.5 Å². The second-order valence-corrected chi connectivity index (χ2v) is 9.19. The van der Waals surface area contributed by atoms with Gasteiger partial charge in [-0.3, -0.25) is 18.7 Å². The summed E-state index contributed by atoms with van der Waals surface area (Å²) >= 11 is 12.1. The molecule has 0 radical (unpaired) electrons. The fourth-order valence-corrected chi connectivity index (χ4v) is 4.74. The van der Waals surface area contributed by atoms with Gasteiger partial charge in [-0.1, -0.05) is 35.7 Å². The molecule has 1 N–H and O–H groups in total. The van der Waals surface area contributed by atoms with Crippen molar-refractivity contribution >= 4 is 46.3 Å². The number of benzene rings is 1. The molecule has 3 aromatic rings. The van der Waals surface area contributed by atoms with E-state index in [1.807, 2.05) is 0 Å². The lowest BCUT2D eigenvalue weighted by Crippen LogP contribution is -2.39. The molecule has 0 spiro atoms. The van der Waals surface area contributed by atoms with Gasteiger partial charge >= 0.3 is 11.7 Å². The third-order valence-corrected chi connectivity index (χ3v) is 6.97. The van der Waals surface area contributed by atoms with E-state index >= 15 is 0 Å². The molecule has 1 aromatic carbocycles. The van der Waals surface area contributed by atoms with E-state index in [1.54, 1.807) is 36.9 Å². The molecular weight excluding hydrogens is 469 g/mol. The Balaban J connectivity index is 1.70. The molecule has 2 aromatic heterocycles. The summed E-state index contributed by atoms with van der Waals surface area (Å²) in [6.45, 7) is 0.0513. The summed E-state index contributed by atoms with van der Waals surface area (Å²) in [5.41, 5.74) is 0.352. The van der Waals surface area contributed by atoms with Crippen LogP contribution in [0.2, 0.25) is 10.0 Å². The third-order valence-electron chi connectivity index (χ3n) is 6.23. The molecule has 1 saturated carbocycles. The highest BCUT2D eigenvalue weighted by Crippen LogP contribution is 2.28. The molecule has 0 saturated heterocycles. The first kappa shape index (κ1) is 23.4. The highest BCUT2D eigenvalue weighted by atomic mass is 35.5. The molecule has 0 amide bonds. The summed E-state index contributed by atoms with van der Waals surface area (Å²) in [6, 6.07) is 5.00. The number of imidazole rings is 1. The lowest BCUT2D eigenvalue weighted by Gasteiger charge is -2.28. The Hall–Kier alpha value is -2.78. The number of carbonyl (C=O) groups excluding carboxylic acids is 1. The van der Waals surface area contributed by atoms with E-state index in [2.05, 4.69) is 10.3 Å². The summed E-state index contributed by atoms with van der Waals surface area (Å²) in [5, 5.41) is 4.10. The Morgan fingerprint density at radius 1 is 1.18 bits per heavy atom. The second kappa shape index (κ2) is 9.23. The van der Waals surface area contributed by atoms with Crippen molar-refractivity contribution in [2.75, 3.05) is 12.4 Å². The molecular formula is C22H25Cl2N5O4. The maximum atomic E-state index is 13.3. The van der Waals surface area contributed by atoms with Gasteiger partial charge in [0, 0.05) is 20.1 Å². The number of aromatic nitrogens is 4. The van der Waals surface area contributed by atoms with Crippen molar-refractivity contribution in [1.29, 1.82) is 0 Å². The number of carbonyl (C=O) groups is 1. The minimum absolute atomic E-state index is 0.00817. The van der Waals surface area contributed by atoms with Crippen molar-refractivity contribution in [2.45, 2.75) is 38.3 Å². The van der Waals surface area contributed by atoms with Gasteiger partial charge in [-0.2, -0.15) is 4.98 Å². The molecule has 0 bridgehead atoms. The standard InChI is InChI=1S/C22H25Cl2N5O4/c1-27-17-18(26-21(27)25-14-6-4-5-13(10-14)20(31)33-3)28(2)22(32)29(19(17)30)11-12-7-8-15(23)16(24)9-12/h7-9,13-14H,4-6,10-11H2,1-3H3,(H,25,26)/t13-,14+/m1/s1. The normalized spacial score (nSPS) is 18.5. The van der Waals surface area contributed by atoms with E-state index in [9.17, 15) is 14.4 Å². The quantitative estimate of drug-likeness (QED) is 0.548. The number of hydrogen-bond donors (Lipinski definition) is 1. The number of aryl methyl sites for hydroxylation is 2. The predicted molar refractivity (Wildman–Crippen MR) is 127 cm³/mol. The number of rotatable bonds is 5. The van der Waals surface area contributed by atoms with Gasteiger partial charge in [0.15, 0.2) is 11.2 Å². The van der Waals surface area contributed by atoms with Crippen LogP contribution in [-0.4, -0.2) is 37.8 Å². The molecule has 1 aliphatic carbocycles. The molecule has 2 heterocycles. The Morgan fingerprint density at radius 2 is 1.94 bits per heavy atom. The number of methoxy groups -OCH3 is 1. The predicted octanol–water partition coefficient (Wildman–Crippen LogP) is 2.93. The Morgan fingerprint density at radius 3 is 2.64 bits per heavy atom. The molecule has 0 unspecified atom stereocenters. The maximum absolute atomic E-state index is 13.3. The first-order valence-corrected chi connectivity index (χ1v) is 11.4. The minimum atomic E-state index is -0.480. The topological polar surface area (TPSA) is 100 Å². The molecule has 33 heavy (non-hydrogen) atoms. The molecule has 9 nitrogen and oxygen atoms in total. The molecule has 0 aliphatic heterocycles. The van der Waals surface area contributed by atoms with Gasteiger partial charge in [-0.15, -0.1) is 0 Å². The van der Waals surface area contributed by atoms with Crippen molar-refractivity contribution in [3.63, 3.8) is 0 Å². The van der Waals surface area contributed by atoms with E-state index < -0.39 is 11.2 Å². The first-order valence-electron chi connectivity index (χ1n) is 10.7. The zero-order valence-electron chi connectivity index (χ0n) is 18.6. The van der Waals surface area contributed by atoms with E-state index in [0.29, 0.717) is 39.1 Å². The van der Waals surface area contributed by atoms with Crippen molar-refractivity contribution in [1.82, 2.24) is 18.7 Å². The number of nitrogens with zero attached hydrogens (tertiary/aromatic N) is 4. The number of anilines is 1. The van der Waals surface area contributed by atoms with Crippen LogP contribution in [0.25, 0.3) is 11.2 Å². The zero-order chi connectivity index (χ0) is 23.9. The molecule has 176 valence electrons. The number of fused-ring (bicyclic) bond motifs is 1.